The molecule has 0 aliphatic carbocycles. The summed E-state index contributed by atoms with van der Waals surface area (Å²) in [4.78, 5) is 11.1. The molecule has 0 fully saturated rings. The molecule has 1 rings (SSSR count). The van der Waals surface area contributed by atoms with Gasteiger partial charge in [0.05, 0.1) is 6.04 Å². The molecule has 1 aromatic heterocycles. The number of nitrogens with zero attached hydrogens (tertiary/aromatic N) is 2. The Balaban J connectivity index is 2.41. The molecule has 1 heterocycles. The van der Waals surface area contributed by atoms with Gasteiger partial charge in [0.25, 0.3) is 0 Å². The van der Waals surface area contributed by atoms with E-state index in [9.17, 15) is 4.79 Å². The van der Waals surface area contributed by atoms with E-state index in [-0.39, 0.29) is 11.9 Å². The number of hydrogen-bond donors (Lipinski definition) is 2. The highest BCUT2D eigenvalue weighted by Gasteiger charge is 2.12. The second-order valence-electron chi connectivity index (χ2n) is 3.01. The highest BCUT2D eigenvalue weighted by atomic mass is 16.6. The first-order valence-electron chi connectivity index (χ1n) is 4.38. The van der Waals surface area contributed by atoms with Gasteiger partial charge < -0.3 is 10.6 Å². The monoisotopic (exact) mass is 198 g/mol. The quantitative estimate of drug-likeness (QED) is 0.688. The lowest BCUT2D eigenvalue weighted by molar-refractivity contribution is -0.122. The van der Waals surface area contributed by atoms with Crippen molar-refractivity contribution in [3.05, 3.63) is 11.4 Å². The summed E-state index contributed by atoms with van der Waals surface area (Å²) >= 11 is 0. The Labute approximate surface area is 82.0 Å². The van der Waals surface area contributed by atoms with Gasteiger partial charge in [-0.05, 0) is 13.8 Å². The van der Waals surface area contributed by atoms with E-state index in [1.54, 1.807) is 20.9 Å². The van der Waals surface area contributed by atoms with Crippen molar-refractivity contribution >= 4 is 5.91 Å². The van der Waals surface area contributed by atoms with Crippen LogP contribution in [0.1, 0.15) is 18.3 Å². The molecule has 0 aliphatic heterocycles. The zero-order valence-electron chi connectivity index (χ0n) is 8.50. The van der Waals surface area contributed by atoms with E-state index in [0.29, 0.717) is 6.54 Å². The van der Waals surface area contributed by atoms with Crippen molar-refractivity contribution in [2.24, 2.45) is 0 Å². The number of hydrogen-bond acceptors (Lipinski definition) is 5. The predicted octanol–water partition coefficient (Wildman–Crippen LogP) is -0.398. The van der Waals surface area contributed by atoms with Crippen molar-refractivity contribution in [2.75, 3.05) is 7.05 Å². The van der Waals surface area contributed by atoms with Gasteiger partial charge in [0.15, 0.2) is 0 Å². The molecule has 0 aromatic carbocycles. The van der Waals surface area contributed by atoms with Crippen LogP contribution in [0, 0.1) is 6.92 Å². The summed E-state index contributed by atoms with van der Waals surface area (Å²) in [6.07, 6.45) is 0. The minimum Gasteiger partial charge on any atom is -0.358 e. The first-order chi connectivity index (χ1) is 6.65. The van der Waals surface area contributed by atoms with E-state index in [2.05, 4.69) is 25.6 Å². The van der Waals surface area contributed by atoms with Gasteiger partial charge in [-0.1, -0.05) is 10.3 Å². The van der Waals surface area contributed by atoms with Crippen LogP contribution in [0.5, 0.6) is 0 Å². The molecule has 1 unspecified atom stereocenters. The van der Waals surface area contributed by atoms with E-state index in [1.807, 2.05) is 0 Å². The SMILES string of the molecule is CNC(=O)C(C)NCc1nonc1C. The van der Waals surface area contributed by atoms with Crippen molar-refractivity contribution in [1.82, 2.24) is 20.9 Å². The van der Waals surface area contributed by atoms with E-state index in [4.69, 9.17) is 0 Å². The number of likely N-dealkylation sites (N-methyl/N-ethyl adjacent to an activating group) is 1. The van der Waals surface area contributed by atoms with Crippen LogP contribution in [0.3, 0.4) is 0 Å². The summed E-state index contributed by atoms with van der Waals surface area (Å²) in [5, 5.41) is 12.9. The predicted molar refractivity (Wildman–Crippen MR) is 49.4 cm³/mol. The third-order valence-electron chi connectivity index (χ3n) is 1.96. The van der Waals surface area contributed by atoms with E-state index >= 15 is 0 Å². The molecule has 1 amide bonds. The van der Waals surface area contributed by atoms with Gasteiger partial charge >= 0.3 is 0 Å². The maximum absolute atomic E-state index is 11.1. The fourth-order valence-electron chi connectivity index (χ4n) is 0.969. The highest BCUT2D eigenvalue weighted by molar-refractivity contribution is 5.80. The van der Waals surface area contributed by atoms with Crippen molar-refractivity contribution in [2.45, 2.75) is 26.4 Å². The number of nitrogens with one attached hydrogen (secondary N) is 2. The van der Waals surface area contributed by atoms with E-state index in [1.165, 1.54) is 0 Å². The molecule has 78 valence electrons. The van der Waals surface area contributed by atoms with Gasteiger partial charge in [0, 0.05) is 13.6 Å². The molecule has 2 N–H and O–H groups in total. The summed E-state index contributed by atoms with van der Waals surface area (Å²) in [6.45, 7) is 4.06. The molecular weight excluding hydrogens is 184 g/mol. The fourth-order valence-corrected chi connectivity index (χ4v) is 0.969. The maximum Gasteiger partial charge on any atom is 0.236 e. The molecule has 0 bridgehead atoms. The Hall–Kier alpha value is -1.43. The van der Waals surface area contributed by atoms with Gasteiger partial charge in [-0.15, -0.1) is 0 Å². The van der Waals surface area contributed by atoms with Gasteiger partial charge in [0.2, 0.25) is 5.91 Å². The molecule has 1 aromatic rings. The number of aromatic nitrogens is 2. The normalized spacial score (nSPS) is 12.5. The highest BCUT2D eigenvalue weighted by Crippen LogP contribution is 1.99. The lowest BCUT2D eigenvalue weighted by Gasteiger charge is -2.10. The summed E-state index contributed by atoms with van der Waals surface area (Å²) in [5.41, 5.74) is 1.46. The number of aryl methyl sites for hydroxylation is 1. The summed E-state index contributed by atoms with van der Waals surface area (Å²) in [7, 11) is 1.60. The van der Waals surface area contributed by atoms with Gasteiger partial charge in [-0.3, -0.25) is 4.79 Å². The smallest absolute Gasteiger partial charge is 0.236 e. The molecule has 6 nitrogen and oxygen atoms in total. The molecule has 0 radical (unpaired) electrons. The van der Waals surface area contributed by atoms with Crippen LogP contribution in [-0.4, -0.2) is 29.3 Å². The fraction of sp³-hybridized carbons (Fsp3) is 0.625. The summed E-state index contributed by atoms with van der Waals surface area (Å²) < 4.78 is 4.52. The zero-order valence-corrected chi connectivity index (χ0v) is 8.50. The zero-order chi connectivity index (χ0) is 10.6. The third kappa shape index (κ3) is 2.53. The summed E-state index contributed by atoms with van der Waals surface area (Å²) in [6, 6.07) is -0.254. The molecule has 1 atom stereocenters. The van der Waals surface area contributed by atoms with Crippen molar-refractivity contribution in [1.29, 1.82) is 0 Å². The molecule has 0 saturated carbocycles. The van der Waals surface area contributed by atoms with E-state index in [0.717, 1.165) is 11.4 Å². The van der Waals surface area contributed by atoms with Crippen LogP contribution in [0.2, 0.25) is 0 Å². The number of rotatable bonds is 4. The maximum atomic E-state index is 11.1. The second-order valence-corrected chi connectivity index (χ2v) is 3.01. The van der Waals surface area contributed by atoms with Crippen LogP contribution in [-0.2, 0) is 11.3 Å². The van der Waals surface area contributed by atoms with E-state index < -0.39 is 0 Å². The largest absolute Gasteiger partial charge is 0.358 e. The Morgan fingerprint density at radius 2 is 2.29 bits per heavy atom. The van der Waals surface area contributed by atoms with Crippen LogP contribution >= 0.6 is 0 Å². The second kappa shape index (κ2) is 4.71. The topological polar surface area (TPSA) is 80.0 Å². The Morgan fingerprint density at radius 3 is 2.79 bits per heavy atom. The number of carbonyl (C=O) groups is 1. The summed E-state index contributed by atoms with van der Waals surface area (Å²) in [5.74, 6) is -0.0564. The van der Waals surface area contributed by atoms with Crippen LogP contribution < -0.4 is 10.6 Å². The van der Waals surface area contributed by atoms with Crippen molar-refractivity contribution in [3.8, 4) is 0 Å². The first-order valence-corrected chi connectivity index (χ1v) is 4.38. The Morgan fingerprint density at radius 1 is 1.57 bits per heavy atom. The van der Waals surface area contributed by atoms with Crippen LogP contribution in [0.4, 0.5) is 0 Å². The Kier molecular flexibility index (Phi) is 3.58. The average molecular weight is 198 g/mol. The van der Waals surface area contributed by atoms with Crippen LogP contribution in [0.25, 0.3) is 0 Å². The molecule has 0 saturated heterocycles. The molecular formula is C8H14N4O2. The van der Waals surface area contributed by atoms with Crippen molar-refractivity contribution < 1.29 is 9.42 Å². The van der Waals surface area contributed by atoms with Gasteiger partial charge in [-0.25, -0.2) is 4.63 Å². The molecule has 6 heteroatoms. The van der Waals surface area contributed by atoms with Gasteiger partial charge in [-0.2, -0.15) is 0 Å². The first kappa shape index (κ1) is 10.6. The molecule has 14 heavy (non-hydrogen) atoms. The van der Waals surface area contributed by atoms with Gasteiger partial charge in [0.1, 0.15) is 11.4 Å². The number of amides is 1. The Bertz CT molecular complexity index is 310. The third-order valence-corrected chi connectivity index (χ3v) is 1.96. The minimum atomic E-state index is -0.254. The van der Waals surface area contributed by atoms with Crippen LogP contribution in [0.15, 0.2) is 4.63 Å². The lowest BCUT2D eigenvalue weighted by Crippen LogP contribution is -2.40. The van der Waals surface area contributed by atoms with Crippen molar-refractivity contribution in [3.63, 3.8) is 0 Å². The minimum absolute atomic E-state index is 0.0564. The lowest BCUT2D eigenvalue weighted by atomic mass is 10.3. The molecule has 0 aliphatic rings. The standard InChI is InChI=1S/C8H14N4O2/c1-5-7(12-14-11-5)4-10-6(2)8(13)9-3/h6,10H,4H2,1-3H3,(H,9,13). The molecule has 0 spiro atoms. The average Bonchev–Trinajstić information content (AvgIpc) is 2.59. The number of carbonyl (C=O) groups excluding carboxylic acids is 1.